The van der Waals surface area contributed by atoms with E-state index in [-0.39, 0.29) is 12.2 Å². The highest BCUT2D eigenvalue weighted by atomic mass is 16.5. The zero-order valence-corrected chi connectivity index (χ0v) is 8.91. The number of rotatable bonds is 2. The molecule has 0 radical (unpaired) electrons. The van der Waals surface area contributed by atoms with Crippen LogP contribution in [0, 0.1) is 0 Å². The van der Waals surface area contributed by atoms with Crippen molar-refractivity contribution >= 4 is 0 Å². The third-order valence-electron chi connectivity index (χ3n) is 3.03. The molecule has 1 fully saturated rings. The van der Waals surface area contributed by atoms with Crippen LogP contribution in [0.1, 0.15) is 33.6 Å². The minimum Gasteiger partial charge on any atom is -0.387 e. The average Bonchev–Trinajstić information content (AvgIpc) is 2.13. The molecule has 0 amide bonds. The maximum atomic E-state index is 9.86. The largest absolute Gasteiger partial charge is 0.387 e. The average molecular weight is 188 g/mol. The van der Waals surface area contributed by atoms with Gasteiger partial charge in [-0.2, -0.15) is 0 Å². The number of hydrogen-bond donors (Lipinski definition) is 1. The highest BCUT2D eigenvalue weighted by Crippen LogP contribution is 2.32. The fraction of sp³-hybridized carbons (Fsp3) is 1.00. The van der Waals surface area contributed by atoms with Crippen LogP contribution in [0.2, 0.25) is 0 Å². The maximum Gasteiger partial charge on any atom is 0.109 e. The normalized spacial score (nSPS) is 46.4. The second-order valence-electron chi connectivity index (χ2n) is 4.04. The van der Waals surface area contributed by atoms with E-state index in [0.717, 1.165) is 12.8 Å². The van der Waals surface area contributed by atoms with E-state index < -0.39 is 11.7 Å². The standard InChI is InChI=1S/C10H20O3/c1-5-8-6-10(3,12-4)9(11)7(2)13-8/h7-9,11H,5-6H2,1-4H3/t7-,8?,9-,10+/m0/s1. The molecule has 78 valence electrons. The van der Waals surface area contributed by atoms with Gasteiger partial charge < -0.3 is 14.6 Å². The lowest BCUT2D eigenvalue weighted by Gasteiger charge is -2.44. The molecule has 1 rings (SSSR count). The van der Waals surface area contributed by atoms with E-state index in [0.29, 0.717) is 0 Å². The molecule has 1 unspecified atom stereocenters. The quantitative estimate of drug-likeness (QED) is 0.710. The van der Waals surface area contributed by atoms with Crippen molar-refractivity contribution in [1.82, 2.24) is 0 Å². The summed E-state index contributed by atoms with van der Waals surface area (Å²) in [6.45, 7) is 5.92. The molecule has 13 heavy (non-hydrogen) atoms. The molecule has 0 aromatic heterocycles. The molecule has 1 saturated heterocycles. The van der Waals surface area contributed by atoms with Gasteiger partial charge in [-0.3, -0.25) is 0 Å². The summed E-state index contributed by atoms with van der Waals surface area (Å²) in [5.74, 6) is 0. The van der Waals surface area contributed by atoms with E-state index in [1.165, 1.54) is 0 Å². The van der Waals surface area contributed by atoms with Gasteiger partial charge in [-0.25, -0.2) is 0 Å². The van der Waals surface area contributed by atoms with Gasteiger partial charge in [0.15, 0.2) is 0 Å². The molecule has 0 aliphatic carbocycles. The van der Waals surface area contributed by atoms with Crippen molar-refractivity contribution in [2.75, 3.05) is 7.11 Å². The summed E-state index contributed by atoms with van der Waals surface area (Å²) in [5.41, 5.74) is -0.446. The van der Waals surface area contributed by atoms with Crippen LogP contribution in [0.4, 0.5) is 0 Å². The van der Waals surface area contributed by atoms with Gasteiger partial charge >= 0.3 is 0 Å². The van der Waals surface area contributed by atoms with Gasteiger partial charge in [-0.05, 0) is 20.3 Å². The van der Waals surface area contributed by atoms with Crippen molar-refractivity contribution in [3.8, 4) is 0 Å². The zero-order valence-electron chi connectivity index (χ0n) is 8.91. The summed E-state index contributed by atoms with van der Waals surface area (Å²) in [6, 6.07) is 0. The summed E-state index contributed by atoms with van der Waals surface area (Å²) in [7, 11) is 1.65. The van der Waals surface area contributed by atoms with E-state index in [9.17, 15) is 5.11 Å². The topological polar surface area (TPSA) is 38.7 Å². The van der Waals surface area contributed by atoms with Gasteiger partial charge in [-0.15, -0.1) is 0 Å². The summed E-state index contributed by atoms with van der Waals surface area (Å²) >= 11 is 0. The molecule has 0 bridgehead atoms. The molecule has 1 aliphatic rings. The Morgan fingerprint density at radius 1 is 1.62 bits per heavy atom. The fourth-order valence-electron chi connectivity index (χ4n) is 1.94. The second-order valence-corrected chi connectivity index (χ2v) is 4.04. The van der Waals surface area contributed by atoms with Crippen LogP contribution in [-0.2, 0) is 9.47 Å². The first-order valence-corrected chi connectivity index (χ1v) is 4.92. The Bertz CT molecular complexity index is 172. The van der Waals surface area contributed by atoms with Gasteiger partial charge in [0.2, 0.25) is 0 Å². The third-order valence-corrected chi connectivity index (χ3v) is 3.03. The van der Waals surface area contributed by atoms with E-state index >= 15 is 0 Å². The summed E-state index contributed by atoms with van der Waals surface area (Å²) in [4.78, 5) is 0. The Kier molecular flexibility index (Phi) is 3.33. The van der Waals surface area contributed by atoms with E-state index in [1.54, 1.807) is 7.11 Å². The van der Waals surface area contributed by atoms with Crippen molar-refractivity contribution in [3.63, 3.8) is 0 Å². The van der Waals surface area contributed by atoms with Crippen LogP contribution in [0.15, 0.2) is 0 Å². The predicted molar refractivity (Wildman–Crippen MR) is 50.7 cm³/mol. The van der Waals surface area contributed by atoms with E-state index in [2.05, 4.69) is 6.92 Å². The van der Waals surface area contributed by atoms with Crippen LogP contribution in [0.5, 0.6) is 0 Å². The first kappa shape index (κ1) is 11.0. The van der Waals surface area contributed by atoms with E-state index in [4.69, 9.17) is 9.47 Å². The molecule has 1 aliphatic heterocycles. The van der Waals surface area contributed by atoms with Crippen molar-refractivity contribution in [1.29, 1.82) is 0 Å². The molecule has 0 aromatic rings. The van der Waals surface area contributed by atoms with E-state index in [1.807, 2.05) is 13.8 Å². The lowest BCUT2D eigenvalue weighted by molar-refractivity contribution is -0.214. The van der Waals surface area contributed by atoms with Crippen molar-refractivity contribution in [2.45, 2.75) is 57.5 Å². The maximum absolute atomic E-state index is 9.86. The molecule has 0 aromatic carbocycles. The number of aliphatic hydroxyl groups is 1. The summed E-state index contributed by atoms with van der Waals surface area (Å²) in [6.07, 6.45) is 1.29. The van der Waals surface area contributed by atoms with Gasteiger partial charge in [0.1, 0.15) is 6.10 Å². The van der Waals surface area contributed by atoms with Crippen molar-refractivity contribution in [3.05, 3.63) is 0 Å². The Hall–Kier alpha value is -0.120. The molecular weight excluding hydrogens is 168 g/mol. The lowest BCUT2D eigenvalue weighted by Crippen LogP contribution is -2.55. The van der Waals surface area contributed by atoms with Crippen molar-refractivity contribution in [2.24, 2.45) is 0 Å². The smallest absolute Gasteiger partial charge is 0.109 e. The second kappa shape index (κ2) is 3.95. The van der Waals surface area contributed by atoms with Crippen LogP contribution < -0.4 is 0 Å². The van der Waals surface area contributed by atoms with Crippen LogP contribution in [-0.4, -0.2) is 36.1 Å². The molecule has 3 nitrogen and oxygen atoms in total. The third kappa shape index (κ3) is 2.03. The Labute approximate surface area is 80.0 Å². The van der Waals surface area contributed by atoms with Crippen LogP contribution in [0.3, 0.4) is 0 Å². The number of ether oxygens (including phenoxy) is 2. The molecular formula is C10H20O3. The number of methoxy groups -OCH3 is 1. The SMILES string of the molecule is CCC1C[C@@](C)(OC)[C@@H](O)[C@H](C)O1. The number of aliphatic hydroxyl groups excluding tert-OH is 1. The molecule has 4 atom stereocenters. The molecule has 0 spiro atoms. The Morgan fingerprint density at radius 3 is 2.69 bits per heavy atom. The van der Waals surface area contributed by atoms with Crippen LogP contribution in [0.25, 0.3) is 0 Å². The van der Waals surface area contributed by atoms with Crippen molar-refractivity contribution < 1.29 is 14.6 Å². The molecule has 1 heterocycles. The predicted octanol–water partition coefficient (Wildman–Crippen LogP) is 1.34. The van der Waals surface area contributed by atoms with Gasteiger partial charge in [0.05, 0.1) is 17.8 Å². The number of hydrogen-bond acceptors (Lipinski definition) is 3. The minimum absolute atomic E-state index is 0.136. The molecule has 3 heteroatoms. The lowest BCUT2D eigenvalue weighted by atomic mass is 9.85. The van der Waals surface area contributed by atoms with Crippen LogP contribution >= 0.6 is 0 Å². The monoisotopic (exact) mass is 188 g/mol. The molecule has 1 N–H and O–H groups in total. The Morgan fingerprint density at radius 2 is 2.23 bits per heavy atom. The zero-order chi connectivity index (χ0) is 10.1. The van der Waals surface area contributed by atoms with Gasteiger partial charge in [0.25, 0.3) is 0 Å². The minimum atomic E-state index is -0.528. The van der Waals surface area contributed by atoms with Gasteiger partial charge in [-0.1, -0.05) is 6.92 Å². The first-order chi connectivity index (χ1) is 6.03. The van der Waals surface area contributed by atoms with Gasteiger partial charge in [0, 0.05) is 13.5 Å². The highest BCUT2D eigenvalue weighted by molar-refractivity contribution is 4.93. The first-order valence-electron chi connectivity index (χ1n) is 4.92. The fourth-order valence-corrected chi connectivity index (χ4v) is 1.94. The Balaban J connectivity index is 2.71. The summed E-state index contributed by atoms with van der Waals surface area (Å²) in [5, 5.41) is 9.86. The highest BCUT2D eigenvalue weighted by Gasteiger charge is 2.43. The summed E-state index contributed by atoms with van der Waals surface area (Å²) < 4.78 is 11.0. The molecule has 0 saturated carbocycles.